The molecular weight excluding hydrogens is 322 g/mol. The van der Waals surface area contributed by atoms with E-state index in [2.05, 4.69) is 15.6 Å². The van der Waals surface area contributed by atoms with Crippen molar-refractivity contribution in [1.82, 2.24) is 14.5 Å². The number of hydrogen-bond acceptors (Lipinski definition) is 2. The molecule has 24 heavy (non-hydrogen) atoms. The van der Waals surface area contributed by atoms with Crippen molar-refractivity contribution in [3.05, 3.63) is 64.9 Å². The quantitative estimate of drug-likeness (QED) is 0.705. The summed E-state index contributed by atoms with van der Waals surface area (Å²) in [7, 11) is 0. The van der Waals surface area contributed by atoms with Crippen molar-refractivity contribution >= 4 is 28.5 Å². The number of aromatic nitrogens is 2. The van der Waals surface area contributed by atoms with E-state index >= 15 is 0 Å². The van der Waals surface area contributed by atoms with Gasteiger partial charge < -0.3 is 9.47 Å². The number of rotatable bonds is 2. The first-order valence-electron chi connectivity index (χ1n) is 8.12. The van der Waals surface area contributed by atoms with Gasteiger partial charge in [0.1, 0.15) is 5.82 Å². The summed E-state index contributed by atoms with van der Waals surface area (Å²) in [4.78, 5) is 19.3. The minimum atomic E-state index is 0.00479. The van der Waals surface area contributed by atoms with E-state index in [9.17, 15) is 4.79 Å². The topological polar surface area (TPSA) is 38.1 Å². The van der Waals surface area contributed by atoms with E-state index < -0.39 is 0 Å². The van der Waals surface area contributed by atoms with Gasteiger partial charge in [0.25, 0.3) is 5.91 Å². The molecule has 1 fully saturated rings. The summed E-state index contributed by atoms with van der Waals surface area (Å²) in [5.41, 5.74) is 2.71. The van der Waals surface area contributed by atoms with Crippen LogP contribution in [0.2, 0.25) is 5.02 Å². The Morgan fingerprint density at radius 2 is 1.92 bits per heavy atom. The molecule has 4 rings (SSSR count). The number of nitrogens with zero attached hydrogens (tertiary/aromatic N) is 3. The second-order valence-electron chi connectivity index (χ2n) is 6.19. The predicted octanol–water partition coefficient (Wildman–Crippen LogP) is 4.09. The van der Waals surface area contributed by atoms with Crippen LogP contribution in [0.1, 0.15) is 28.6 Å². The van der Waals surface area contributed by atoms with Crippen molar-refractivity contribution in [2.75, 3.05) is 13.1 Å². The first-order valence-corrected chi connectivity index (χ1v) is 8.50. The lowest BCUT2D eigenvalue weighted by Gasteiger charge is -2.19. The average molecular weight is 340 g/mol. The maximum atomic E-state index is 12.7. The second kappa shape index (κ2) is 5.95. The molecule has 1 aliphatic heterocycles. The van der Waals surface area contributed by atoms with Crippen LogP contribution in [0.4, 0.5) is 0 Å². The van der Waals surface area contributed by atoms with Crippen LogP contribution in [-0.2, 0) is 0 Å². The van der Waals surface area contributed by atoms with Gasteiger partial charge in [-0.3, -0.25) is 4.79 Å². The van der Waals surface area contributed by atoms with E-state index in [-0.39, 0.29) is 11.9 Å². The molecule has 0 N–H and O–H groups in total. The maximum absolute atomic E-state index is 12.7. The van der Waals surface area contributed by atoms with E-state index in [1.165, 1.54) is 0 Å². The molecule has 0 saturated carbocycles. The molecule has 0 bridgehead atoms. The van der Waals surface area contributed by atoms with Crippen LogP contribution >= 0.6 is 11.6 Å². The molecule has 1 atom stereocenters. The van der Waals surface area contributed by atoms with E-state index in [1.807, 2.05) is 42.2 Å². The minimum Gasteiger partial charge on any atom is -0.336 e. The van der Waals surface area contributed by atoms with E-state index in [0.29, 0.717) is 17.1 Å². The fourth-order valence-corrected chi connectivity index (χ4v) is 3.78. The first-order chi connectivity index (χ1) is 11.6. The molecule has 1 aliphatic rings. The van der Waals surface area contributed by atoms with Gasteiger partial charge in [-0.25, -0.2) is 4.98 Å². The molecule has 2 heterocycles. The Morgan fingerprint density at radius 1 is 1.17 bits per heavy atom. The van der Waals surface area contributed by atoms with Crippen molar-refractivity contribution < 1.29 is 4.79 Å². The van der Waals surface area contributed by atoms with Crippen LogP contribution in [0.5, 0.6) is 0 Å². The zero-order valence-corrected chi connectivity index (χ0v) is 14.2. The van der Waals surface area contributed by atoms with Crippen LogP contribution < -0.4 is 0 Å². The van der Waals surface area contributed by atoms with Crippen LogP contribution in [-0.4, -0.2) is 33.4 Å². The number of aryl methyl sites for hydroxylation is 1. The third kappa shape index (κ3) is 2.47. The maximum Gasteiger partial charge on any atom is 0.255 e. The standard InChI is InChI=1S/C19H18ClN3O/c1-13-21-17-8-4-5-9-18(17)23(13)14-10-11-22(12-14)19(24)15-6-2-3-7-16(15)20/h2-9,14H,10-12H2,1H3. The fraction of sp³-hybridized carbons (Fsp3) is 0.263. The highest BCUT2D eigenvalue weighted by Gasteiger charge is 2.30. The van der Waals surface area contributed by atoms with Crippen molar-refractivity contribution in [3.63, 3.8) is 0 Å². The summed E-state index contributed by atoms with van der Waals surface area (Å²) in [6.45, 7) is 3.45. The van der Waals surface area contributed by atoms with Gasteiger partial charge in [0.05, 0.1) is 27.7 Å². The number of imidazole rings is 1. The molecule has 0 aliphatic carbocycles. The van der Waals surface area contributed by atoms with Gasteiger partial charge in [0.15, 0.2) is 0 Å². The van der Waals surface area contributed by atoms with Gasteiger partial charge >= 0.3 is 0 Å². The summed E-state index contributed by atoms with van der Waals surface area (Å²) in [5.74, 6) is 0.999. The third-order valence-corrected chi connectivity index (χ3v) is 5.02. The monoisotopic (exact) mass is 339 g/mol. The first kappa shape index (κ1) is 15.2. The number of amides is 1. The molecule has 0 radical (unpaired) electrons. The highest BCUT2D eigenvalue weighted by Crippen LogP contribution is 2.29. The molecule has 1 amide bonds. The third-order valence-electron chi connectivity index (χ3n) is 4.69. The predicted molar refractivity (Wildman–Crippen MR) is 95.5 cm³/mol. The van der Waals surface area contributed by atoms with Crippen LogP contribution in [0.15, 0.2) is 48.5 Å². The van der Waals surface area contributed by atoms with E-state index in [1.54, 1.807) is 12.1 Å². The SMILES string of the molecule is Cc1nc2ccccc2n1C1CCN(C(=O)c2ccccc2Cl)C1. The number of para-hydroxylation sites is 2. The number of carbonyl (C=O) groups is 1. The van der Waals surface area contributed by atoms with Crippen LogP contribution in [0, 0.1) is 6.92 Å². The van der Waals surface area contributed by atoms with E-state index in [0.717, 1.165) is 29.8 Å². The number of halogens is 1. The Balaban J connectivity index is 1.61. The van der Waals surface area contributed by atoms with Gasteiger partial charge in [0, 0.05) is 13.1 Å². The summed E-state index contributed by atoms with van der Waals surface area (Å²) >= 11 is 6.17. The largest absolute Gasteiger partial charge is 0.336 e. The number of hydrogen-bond donors (Lipinski definition) is 0. The number of benzene rings is 2. The molecule has 2 aromatic carbocycles. The summed E-state index contributed by atoms with van der Waals surface area (Å²) in [5, 5.41) is 0.509. The zero-order valence-electron chi connectivity index (χ0n) is 13.4. The van der Waals surface area contributed by atoms with Crippen molar-refractivity contribution in [2.24, 2.45) is 0 Å². The van der Waals surface area contributed by atoms with Gasteiger partial charge in [-0.05, 0) is 37.6 Å². The second-order valence-corrected chi connectivity index (χ2v) is 6.60. The lowest BCUT2D eigenvalue weighted by atomic mass is 10.2. The summed E-state index contributed by atoms with van der Waals surface area (Å²) in [6, 6.07) is 15.6. The lowest BCUT2D eigenvalue weighted by Crippen LogP contribution is -2.29. The minimum absolute atomic E-state index is 0.00479. The van der Waals surface area contributed by atoms with Gasteiger partial charge in [-0.1, -0.05) is 35.9 Å². The molecule has 5 heteroatoms. The fourth-order valence-electron chi connectivity index (χ4n) is 3.57. The highest BCUT2D eigenvalue weighted by molar-refractivity contribution is 6.33. The number of likely N-dealkylation sites (tertiary alicyclic amines) is 1. The lowest BCUT2D eigenvalue weighted by molar-refractivity contribution is 0.0788. The Bertz CT molecular complexity index is 918. The van der Waals surface area contributed by atoms with Crippen molar-refractivity contribution in [2.45, 2.75) is 19.4 Å². The molecule has 1 aromatic heterocycles. The Hall–Kier alpha value is -2.33. The Morgan fingerprint density at radius 3 is 2.75 bits per heavy atom. The number of fused-ring (bicyclic) bond motifs is 1. The molecular formula is C19H18ClN3O. The van der Waals surface area contributed by atoms with Gasteiger partial charge in [-0.2, -0.15) is 0 Å². The summed E-state index contributed by atoms with van der Waals surface area (Å²) in [6.07, 6.45) is 0.928. The van der Waals surface area contributed by atoms with Crippen molar-refractivity contribution in [1.29, 1.82) is 0 Å². The van der Waals surface area contributed by atoms with Crippen LogP contribution in [0.3, 0.4) is 0 Å². The molecule has 0 spiro atoms. The van der Waals surface area contributed by atoms with Crippen molar-refractivity contribution in [3.8, 4) is 0 Å². The molecule has 1 unspecified atom stereocenters. The molecule has 3 aromatic rings. The molecule has 4 nitrogen and oxygen atoms in total. The average Bonchev–Trinajstić information content (AvgIpc) is 3.18. The number of carbonyl (C=O) groups excluding carboxylic acids is 1. The highest BCUT2D eigenvalue weighted by atomic mass is 35.5. The van der Waals surface area contributed by atoms with Crippen LogP contribution in [0.25, 0.3) is 11.0 Å². The normalized spacial score (nSPS) is 17.6. The Labute approximate surface area is 145 Å². The smallest absolute Gasteiger partial charge is 0.255 e. The molecule has 122 valence electrons. The van der Waals surface area contributed by atoms with Gasteiger partial charge in [-0.15, -0.1) is 0 Å². The molecule has 1 saturated heterocycles. The zero-order chi connectivity index (χ0) is 16.7. The van der Waals surface area contributed by atoms with Gasteiger partial charge in [0.2, 0.25) is 0 Å². The summed E-state index contributed by atoms with van der Waals surface area (Å²) < 4.78 is 2.26. The Kier molecular flexibility index (Phi) is 3.77. The van der Waals surface area contributed by atoms with E-state index in [4.69, 9.17) is 11.6 Å².